The Balaban J connectivity index is 2.07. The van der Waals surface area contributed by atoms with Crippen molar-refractivity contribution >= 4 is 45.3 Å². The number of ketones is 1. The summed E-state index contributed by atoms with van der Waals surface area (Å²) in [7, 11) is 0. The van der Waals surface area contributed by atoms with Gasteiger partial charge in [0.15, 0.2) is 5.78 Å². The van der Waals surface area contributed by atoms with Crippen molar-refractivity contribution in [1.29, 1.82) is 0 Å². The average Bonchev–Trinajstić information content (AvgIpc) is 2.73. The Morgan fingerprint density at radius 1 is 1.50 bits per heavy atom. The lowest BCUT2D eigenvalue weighted by molar-refractivity contribution is -0.121. The lowest BCUT2D eigenvalue weighted by Crippen LogP contribution is -2.35. The Morgan fingerprint density at radius 2 is 2.20 bits per heavy atom. The summed E-state index contributed by atoms with van der Waals surface area (Å²) in [5.74, 6) is -0.599. The number of nitrogens with one attached hydrogen (secondary N) is 1. The van der Waals surface area contributed by atoms with Crippen LogP contribution in [0.15, 0.2) is 5.38 Å². The number of rotatable bonds is 3. The van der Waals surface area contributed by atoms with Gasteiger partial charge in [-0.2, -0.15) is 0 Å². The predicted molar refractivity (Wildman–Crippen MR) is 80.4 cm³/mol. The highest BCUT2D eigenvalue weighted by molar-refractivity contribution is 7.15. The third-order valence-corrected chi connectivity index (χ3v) is 4.82. The second-order valence-electron chi connectivity index (χ2n) is 5.03. The van der Waals surface area contributed by atoms with Crippen LogP contribution in [0.4, 0.5) is 10.7 Å². The minimum atomic E-state index is -0.551. The zero-order chi connectivity index (χ0) is 14.9. The maximum absolute atomic E-state index is 12.2. The van der Waals surface area contributed by atoms with Crippen molar-refractivity contribution in [2.45, 2.75) is 37.7 Å². The van der Waals surface area contributed by atoms with Crippen molar-refractivity contribution in [3.63, 3.8) is 0 Å². The highest BCUT2D eigenvalue weighted by Gasteiger charge is 2.32. The van der Waals surface area contributed by atoms with Gasteiger partial charge in [0.05, 0.1) is 27.7 Å². The molecule has 0 spiro atoms. The maximum atomic E-state index is 12.2. The number of carbonyl (C=O) groups is 2. The van der Waals surface area contributed by atoms with Crippen LogP contribution in [0.2, 0.25) is 0 Å². The molecule has 0 aliphatic heterocycles. The van der Waals surface area contributed by atoms with Crippen molar-refractivity contribution < 1.29 is 14.7 Å². The fraction of sp³-hybridized carbons (Fsp3) is 0.538. The third-order valence-electron chi connectivity index (χ3n) is 3.54. The van der Waals surface area contributed by atoms with Crippen LogP contribution in [0.5, 0.6) is 0 Å². The molecule has 2 rings (SSSR count). The van der Waals surface area contributed by atoms with Crippen molar-refractivity contribution in [2.24, 2.45) is 5.92 Å². The number of aliphatic hydroxyl groups excluding tert-OH is 1. The molecule has 0 saturated heterocycles. The number of halogens is 1. The summed E-state index contributed by atoms with van der Waals surface area (Å²) >= 11 is 7.22. The monoisotopic (exact) mass is 316 g/mol. The number of aliphatic hydroxyl groups is 1. The number of amides is 1. The van der Waals surface area contributed by atoms with Crippen molar-refractivity contribution in [3.8, 4) is 0 Å². The first-order valence-electron chi connectivity index (χ1n) is 6.41. The van der Waals surface area contributed by atoms with Gasteiger partial charge in [-0.15, -0.1) is 22.9 Å². The first-order valence-corrected chi connectivity index (χ1v) is 7.72. The third kappa shape index (κ3) is 3.13. The first-order chi connectivity index (χ1) is 9.40. The zero-order valence-corrected chi connectivity index (χ0v) is 12.6. The second kappa shape index (κ2) is 6.11. The van der Waals surface area contributed by atoms with Crippen molar-refractivity contribution in [1.82, 2.24) is 0 Å². The molecule has 0 radical (unpaired) electrons. The molecule has 1 fully saturated rings. The minimum Gasteiger partial charge on any atom is -0.392 e. The molecule has 1 aliphatic rings. The summed E-state index contributed by atoms with van der Waals surface area (Å²) in [5, 5.41) is 14.0. The van der Waals surface area contributed by atoms with Crippen LogP contribution in [0, 0.1) is 5.92 Å². The molecule has 0 bridgehead atoms. The summed E-state index contributed by atoms with van der Waals surface area (Å²) in [6.07, 6.45) is 0.983. The largest absolute Gasteiger partial charge is 0.392 e. The fourth-order valence-corrected chi connectivity index (χ4v) is 3.53. The molecule has 1 amide bonds. The van der Waals surface area contributed by atoms with Gasteiger partial charge in [0.2, 0.25) is 5.91 Å². The summed E-state index contributed by atoms with van der Waals surface area (Å²) in [6, 6.07) is 0. The van der Waals surface area contributed by atoms with Crippen LogP contribution in [0.3, 0.4) is 0 Å². The van der Waals surface area contributed by atoms with Crippen LogP contribution in [0.1, 0.15) is 36.5 Å². The first kappa shape index (κ1) is 15.3. The molecule has 1 saturated carbocycles. The summed E-state index contributed by atoms with van der Waals surface area (Å²) in [6.45, 7) is 1.42. The Hall–Kier alpha value is -1.11. The van der Waals surface area contributed by atoms with Crippen molar-refractivity contribution in [2.75, 3.05) is 11.1 Å². The lowest BCUT2D eigenvalue weighted by atomic mass is 9.86. The van der Waals surface area contributed by atoms with Crippen LogP contribution in [-0.4, -0.2) is 28.3 Å². The number of alkyl halides is 1. The van der Waals surface area contributed by atoms with E-state index in [2.05, 4.69) is 5.32 Å². The number of nitrogen functional groups attached to an aromatic ring is 1. The molecule has 20 heavy (non-hydrogen) atoms. The van der Waals surface area contributed by atoms with Gasteiger partial charge in [0, 0.05) is 11.3 Å². The van der Waals surface area contributed by atoms with E-state index in [9.17, 15) is 14.7 Å². The molecule has 1 aromatic rings. The Kier molecular flexibility index (Phi) is 4.67. The van der Waals surface area contributed by atoms with E-state index >= 15 is 0 Å². The smallest absolute Gasteiger partial charge is 0.227 e. The molecule has 1 aromatic heterocycles. The zero-order valence-electron chi connectivity index (χ0n) is 11.1. The van der Waals surface area contributed by atoms with E-state index in [-0.39, 0.29) is 17.6 Å². The molecular formula is C13H17ClN2O3S. The van der Waals surface area contributed by atoms with Crippen LogP contribution in [0.25, 0.3) is 0 Å². The summed E-state index contributed by atoms with van der Waals surface area (Å²) in [5.41, 5.74) is 6.55. The number of hydrogen-bond donors (Lipinski definition) is 3. The number of anilines is 2. The molecule has 5 nitrogen and oxygen atoms in total. The Labute approximate surface area is 126 Å². The summed E-state index contributed by atoms with van der Waals surface area (Å²) < 4.78 is 0. The topological polar surface area (TPSA) is 92.4 Å². The van der Waals surface area contributed by atoms with E-state index in [1.807, 2.05) is 0 Å². The molecule has 3 unspecified atom stereocenters. The molecule has 110 valence electrons. The fourth-order valence-electron chi connectivity index (χ4n) is 2.40. The van der Waals surface area contributed by atoms with Gasteiger partial charge in [-0.05, 0) is 26.2 Å². The van der Waals surface area contributed by atoms with Gasteiger partial charge < -0.3 is 16.2 Å². The van der Waals surface area contributed by atoms with E-state index < -0.39 is 11.5 Å². The van der Waals surface area contributed by atoms with Crippen LogP contribution in [-0.2, 0) is 4.79 Å². The number of nitrogens with two attached hydrogens (primary N) is 1. The molecular weight excluding hydrogens is 300 g/mol. The highest BCUT2D eigenvalue weighted by Crippen LogP contribution is 2.33. The number of thiophene rings is 1. The van der Waals surface area contributed by atoms with E-state index in [1.165, 1.54) is 18.3 Å². The Morgan fingerprint density at radius 3 is 2.80 bits per heavy atom. The van der Waals surface area contributed by atoms with E-state index in [0.717, 1.165) is 0 Å². The van der Waals surface area contributed by atoms with Gasteiger partial charge in [0.1, 0.15) is 0 Å². The molecule has 1 aliphatic carbocycles. The maximum Gasteiger partial charge on any atom is 0.227 e. The highest BCUT2D eigenvalue weighted by atomic mass is 35.5. The number of Topliss-reactive ketones (excluding diaryl/α,β-unsaturated/α-hetero) is 1. The van der Waals surface area contributed by atoms with Gasteiger partial charge in [-0.1, -0.05) is 0 Å². The quantitative estimate of drug-likeness (QED) is 0.589. The molecule has 7 heteroatoms. The van der Waals surface area contributed by atoms with E-state index in [1.54, 1.807) is 5.38 Å². The SMILES string of the molecule is CC(=O)c1c(NC(=O)C2CCC(O)C(Cl)C2)csc1N. The standard InChI is InChI=1S/C13H17ClN2O3S/c1-6(17)11-9(5-20-12(11)15)16-13(19)7-2-3-10(18)8(14)4-7/h5,7-8,10,18H,2-4,15H2,1H3,(H,16,19). The molecule has 0 aromatic carbocycles. The molecule has 4 N–H and O–H groups in total. The normalized spacial score (nSPS) is 26.2. The van der Waals surface area contributed by atoms with E-state index in [4.69, 9.17) is 17.3 Å². The van der Waals surface area contributed by atoms with Crippen LogP contribution < -0.4 is 11.1 Å². The van der Waals surface area contributed by atoms with E-state index in [0.29, 0.717) is 35.5 Å². The molecule has 1 heterocycles. The Bertz CT molecular complexity index is 532. The lowest BCUT2D eigenvalue weighted by Gasteiger charge is -2.28. The van der Waals surface area contributed by atoms with Gasteiger partial charge in [-0.25, -0.2) is 0 Å². The van der Waals surface area contributed by atoms with Gasteiger partial charge in [0.25, 0.3) is 0 Å². The number of carbonyl (C=O) groups excluding carboxylic acids is 2. The summed E-state index contributed by atoms with van der Waals surface area (Å²) in [4.78, 5) is 23.7. The van der Waals surface area contributed by atoms with Crippen molar-refractivity contribution in [3.05, 3.63) is 10.9 Å². The predicted octanol–water partition coefficient (Wildman–Crippen LogP) is 2.24. The average molecular weight is 317 g/mol. The second-order valence-corrected chi connectivity index (χ2v) is 6.50. The molecule has 3 atom stereocenters. The number of hydrogen-bond acceptors (Lipinski definition) is 5. The minimum absolute atomic E-state index is 0.173. The van der Waals surface area contributed by atoms with Gasteiger partial charge in [-0.3, -0.25) is 9.59 Å². The van der Waals surface area contributed by atoms with Gasteiger partial charge >= 0.3 is 0 Å². The van der Waals surface area contributed by atoms with Crippen LogP contribution >= 0.6 is 22.9 Å².